The van der Waals surface area contributed by atoms with E-state index in [1.165, 1.54) is 0 Å². The van der Waals surface area contributed by atoms with Crippen LogP contribution >= 0.6 is 0 Å². The van der Waals surface area contributed by atoms with Gasteiger partial charge in [0.1, 0.15) is 17.4 Å². The lowest BCUT2D eigenvalue weighted by Crippen LogP contribution is -2.35. The van der Waals surface area contributed by atoms with Crippen molar-refractivity contribution in [2.24, 2.45) is 0 Å². The molecular weight excluding hydrogens is 252 g/mol. The molecule has 0 amide bonds. The molecule has 0 unspecified atom stereocenters. The number of aryl methyl sites for hydroxylation is 1. The van der Waals surface area contributed by atoms with Crippen LogP contribution in [-0.2, 0) is 0 Å². The molecule has 5 nitrogen and oxygen atoms in total. The first-order valence-electron chi connectivity index (χ1n) is 6.74. The minimum atomic E-state index is 0.369. The summed E-state index contributed by atoms with van der Waals surface area (Å²) in [6, 6.07) is 10.2. The van der Waals surface area contributed by atoms with Crippen LogP contribution in [0.25, 0.3) is 0 Å². The number of nitrogens with zero attached hydrogens (tertiary/aromatic N) is 2. The standard InChI is InChI=1S/C15H18N4O/c1-10-17-14(13-7-8-16-13)9-15(18-10)19-11-3-5-12(20-2)6-4-11/h3-6,9,13,16H,7-8H2,1-2H3,(H,17,18,19)/t13-/m0/s1. The minimum absolute atomic E-state index is 0.369. The highest BCUT2D eigenvalue weighted by atomic mass is 16.5. The maximum absolute atomic E-state index is 5.15. The van der Waals surface area contributed by atoms with Gasteiger partial charge in [0.05, 0.1) is 18.8 Å². The molecule has 0 spiro atoms. The number of methoxy groups -OCH3 is 1. The molecule has 0 saturated carbocycles. The van der Waals surface area contributed by atoms with Gasteiger partial charge in [-0.2, -0.15) is 0 Å². The molecule has 1 aliphatic rings. The molecule has 0 aliphatic carbocycles. The Morgan fingerprint density at radius 3 is 2.60 bits per heavy atom. The van der Waals surface area contributed by atoms with Crippen molar-refractivity contribution in [1.82, 2.24) is 15.3 Å². The van der Waals surface area contributed by atoms with Crippen molar-refractivity contribution < 1.29 is 4.74 Å². The maximum Gasteiger partial charge on any atom is 0.134 e. The van der Waals surface area contributed by atoms with Crippen molar-refractivity contribution in [2.45, 2.75) is 19.4 Å². The zero-order chi connectivity index (χ0) is 13.9. The van der Waals surface area contributed by atoms with Gasteiger partial charge in [-0.25, -0.2) is 9.97 Å². The van der Waals surface area contributed by atoms with E-state index in [0.29, 0.717) is 6.04 Å². The summed E-state index contributed by atoms with van der Waals surface area (Å²) in [4.78, 5) is 8.92. The van der Waals surface area contributed by atoms with E-state index in [9.17, 15) is 0 Å². The number of anilines is 2. The first-order chi connectivity index (χ1) is 9.74. The van der Waals surface area contributed by atoms with Crippen LogP contribution in [0.3, 0.4) is 0 Å². The molecule has 1 aromatic heterocycles. The predicted molar refractivity (Wildman–Crippen MR) is 78.4 cm³/mol. The fourth-order valence-corrected chi connectivity index (χ4v) is 2.20. The molecule has 0 bridgehead atoms. The van der Waals surface area contributed by atoms with Gasteiger partial charge in [-0.05, 0) is 44.2 Å². The number of rotatable bonds is 4. The van der Waals surface area contributed by atoms with Crippen LogP contribution in [0.2, 0.25) is 0 Å². The fourth-order valence-electron chi connectivity index (χ4n) is 2.20. The number of hydrogen-bond donors (Lipinski definition) is 2. The van der Waals surface area contributed by atoms with Crippen molar-refractivity contribution in [3.05, 3.63) is 41.9 Å². The van der Waals surface area contributed by atoms with E-state index >= 15 is 0 Å². The Labute approximate surface area is 118 Å². The predicted octanol–water partition coefficient (Wildman–Crippen LogP) is 2.57. The van der Waals surface area contributed by atoms with Gasteiger partial charge in [-0.1, -0.05) is 0 Å². The third kappa shape index (κ3) is 2.72. The van der Waals surface area contributed by atoms with Gasteiger partial charge >= 0.3 is 0 Å². The summed E-state index contributed by atoms with van der Waals surface area (Å²) in [6.45, 7) is 2.98. The van der Waals surface area contributed by atoms with Crippen LogP contribution in [0.5, 0.6) is 5.75 Å². The summed E-state index contributed by atoms with van der Waals surface area (Å²) in [5.41, 5.74) is 2.04. The Morgan fingerprint density at radius 1 is 1.25 bits per heavy atom. The molecule has 3 rings (SSSR count). The van der Waals surface area contributed by atoms with Gasteiger partial charge in [0.15, 0.2) is 0 Å². The van der Waals surface area contributed by atoms with Crippen LogP contribution in [-0.4, -0.2) is 23.6 Å². The lowest BCUT2D eigenvalue weighted by molar-refractivity contribution is 0.374. The zero-order valence-corrected chi connectivity index (χ0v) is 11.7. The van der Waals surface area contributed by atoms with Crippen LogP contribution in [0.1, 0.15) is 24.0 Å². The van der Waals surface area contributed by atoms with Crippen LogP contribution < -0.4 is 15.4 Å². The SMILES string of the molecule is COc1ccc(Nc2cc([C@@H]3CCN3)nc(C)n2)cc1. The van der Waals surface area contributed by atoms with Crippen molar-refractivity contribution in [2.75, 3.05) is 19.0 Å². The molecule has 2 N–H and O–H groups in total. The monoisotopic (exact) mass is 270 g/mol. The number of aromatic nitrogens is 2. The average Bonchev–Trinajstić information content (AvgIpc) is 2.37. The lowest BCUT2D eigenvalue weighted by atomic mass is 10.0. The van der Waals surface area contributed by atoms with Crippen LogP contribution in [0.4, 0.5) is 11.5 Å². The van der Waals surface area contributed by atoms with Gasteiger partial charge in [-0.15, -0.1) is 0 Å². The van der Waals surface area contributed by atoms with Crippen LogP contribution in [0.15, 0.2) is 30.3 Å². The summed E-state index contributed by atoms with van der Waals surface area (Å²) < 4.78 is 5.15. The van der Waals surface area contributed by atoms with Crippen LogP contribution in [0, 0.1) is 6.92 Å². The average molecular weight is 270 g/mol. The summed E-state index contributed by atoms with van der Waals surface area (Å²) in [5.74, 6) is 2.45. The van der Waals surface area contributed by atoms with E-state index in [-0.39, 0.29) is 0 Å². The normalized spacial score (nSPS) is 17.4. The first-order valence-corrected chi connectivity index (χ1v) is 6.74. The van der Waals surface area contributed by atoms with E-state index in [0.717, 1.165) is 41.7 Å². The third-order valence-corrected chi connectivity index (χ3v) is 3.40. The number of ether oxygens (including phenoxy) is 1. The molecule has 20 heavy (non-hydrogen) atoms. The molecule has 1 fully saturated rings. The second kappa shape index (κ2) is 5.46. The number of hydrogen-bond acceptors (Lipinski definition) is 5. The highest BCUT2D eigenvalue weighted by Crippen LogP contribution is 2.24. The van der Waals surface area contributed by atoms with Crippen molar-refractivity contribution >= 4 is 11.5 Å². The molecule has 2 aromatic rings. The first kappa shape index (κ1) is 12.9. The smallest absolute Gasteiger partial charge is 0.134 e. The highest BCUT2D eigenvalue weighted by molar-refractivity contribution is 5.57. The molecule has 1 saturated heterocycles. The van der Waals surface area contributed by atoms with Crippen molar-refractivity contribution in [3.63, 3.8) is 0 Å². The summed E-state index contributed by atoms with van der Waals surface area (Å²) >= 11 is 0. The summed E-state index contributed by atoms with van der Waals surface area (Å²) in [5, 5.41) is 6.67. The quantitative estimate of drug-likeness (QED) is 0.894. The lowest BCUT2D eigenvalue weighted by Gasteiger charge is -2.27. The Bertz CT molecular complexity index is 593. The van der Waals surface area contributed by atoms with E-state index < -0.39 is 0 Å². The molecule has 1 aliphatic heterocycles. The van der Waals surface area contributed by atoms with Gasteiger partial charge in [0, 0.05) is 11.8 Å². The molecule has 5 heteroatoms. The number of benzene rings is 1. The molecule has 1 aromatic carbocycles. The molecule has 1 atom stereocenters. The second-order valence-electron chi connectivity index (χ2n) is 4.87. The molecular formula is C15H18N4O. The molecule has 0 radical (unpaired) electrons. The minimum Gasteiger partial charge on any atom is -0.497 e. The van der Waals surface area contributed by atoms with Gasteiger partial charge in [0.2, 0.25) is 0 Å². The fraction of sp³-hybridized carbons (Fsp3) is 0.333. The molecule has 2 heterocycles. The number of nitrogens with one attached hydrogen (secondary N) is 2. The Hall–Kier alpha value is -2.14. The van der Waals surface area contributed by atoms with Crippen molar-refractivity contribution in [1.29, 1.82) is 0 Å². The van der Waals surface area contributed by atoms with E-state index in [4.69, 9.17) is 4.74 Å². The third-order valence-electron chi connectivity index (χ3n) is 3.40. The Kier molecular flexibility index (Phi) is 3.52. The van der Waals surface area contributed by atoms with E-state index in [2.05, 4.69) is 20.6 Å². The van der Waals surface area contributed by atoms with Gasteiger partial charge in [0.25, 0.3) is 0 Å². The highest BCUT2D eigenvalue weighted by Gasteiger charge is 2.20. The summed E-state index contributed by atoms with van der Waals surface area (Å²) in [7, 11) is 1.66. The second-order valence-corrected chi connectivity index (χ2v) is 4.87. The zero-order valence-electron chi connectivity index (χ0n) is 11.7. The topological polar surface area (TPSA) is 59.1 Å². The maximum atomic E-state index is 5.15. The van der Waals surface area contributed by atoms with E-state index in [1.807, 2.05) is 37.3 Å². The van der Waals surface area contributed by atoms with E-state index in [1.54, 1.807) is 7.11 Å². The van der Waals surface area contributed by atoms with Gasteiger partial charge < -0.3 is 15.4 Å². The Balaban J connectivity index is 1.80. The largest absolute Gasteiger partial charge is 0.497 e. The Morgan fingerprint density at radius 2 is 2.00 bits per heavy atom. The van der Waals surface area contributed by atoms with Gasteiger partial charge in [-0.3, -0.25) is 0 Å². The summed E-state index contributed by atoms with van der Waals surface area (Å²) in [6.07, 6.45) is 1.14. The molecule has 104 valence electrons. The van der Waals surface area contributed by atoms with Crippen molar-refractivity contribution in [3.8, 4) is 5.75 Å².